The summed E-state index contributed by atoms with van der Waals surface area (Å²) in [5.41, 5.74) is 22.5. The molecule has 0 bridgehead atoms. The summed E-state index contributed by atoms with van der Waals surface area (Å²) in [6, 6.07) is 92.9. The average Bonchev–Trinajstić information content (AvgIpc) is 1.81. The van der Waals surface area contributed by atoms with E-state index >= 15 is 0 Å². The van der Waals surface area contributed by atoms with Gasteiger partial charge in [-0.25, -0.2) is 0 Å². The lowest BCUT2D eigenvalue weighted by atomic mass is 9.34. The number of nitrogens with zero attached hydrogens (tertiary/aromatic N) is 5. The Labute approximate surface area is 477 Å². The third-order valence-electron chi connectivity index (χ3n) is 18.7. The van der Waals surface area contributed by atoms with Crippen molar-refractivity contribution in [2.24, 2.45) is 0 Å². The molecule has 83 heavy (non-hydrogen) atoms. The molecule has 2 aliphatic rings. The molecule has 7 heterocycles. The Hall–Kier alpha value is -10.5. The zero-order chi connectivity index (χ0) is 54.6. The minimum Gasteiger partial charge on any atom is -0.458 e. The molecule has 0 radical (unpaired) electrons. The standard InChI is InChI=1S/C76H50BN5O/c1-76(2,3)45-31-38-72-60(39-45)77-61-44-49(81-67-28-15-9-22-55(67)57-41-47(33-36-69(57)81)79-64-25-12-6-19-52(64)53-20-7-13-26-65(53)79)43-59-58-42-48(34-37-70(58)82(75(59)61)71-29-16-30-73(83-72)74(71)77)80-66-27-14-8-21-54(66)56-40-46(32-35-68(56)80)78-62-23-10-4-17-50(62)51-18-5-11-24-63(51)78/h4-44H,1-3H3. The molecular weight excluding hydrogens is 1010 g/mol. The number of para-hydroxylation sites is 6. The maximum absolute atomic E-state index is 7.00. The number of hydrogen-bond donors (Lipinski definition) is 0. The molecule has 19 rings (SSSR count). The van der Waals surface area contributed by atoms with Crippen LogP contribution in [0.5, 0.6) is 11.5 Å². The van der Waals surface area contributed by atoms with Gasteiger partial charge >= 0.3 is 0 Å². The highest BCUT2D eigenvalue weighted by Crippen LogP contribution is 2.44. The first-order valence-corrected chi connectivity index (χ1v) is 28.9. The Morgan fingerprint density at radius 2 is 0.675 bits per heavy atom. The minimum atomic E-state index is -0.0814. The third-order valence-corrected chi connectivity index (χ3v) is 18.7. The van der Waals surface area contributed by atoms with Crippen molar-refractivity contribution >= 4 is 132 Å². The van der Waals surface area contributed by atoms with Crippen LogP contribution >= 0.6 is 0 Å². The van der Waals surface area contributed by atoms with Crippen molar-refractivity contribution < 1.29 is 4.74 Å². The summed E-state index contributed by atoms with van der Waals surface area (Å²) in [6.45, 7) is 6.85. The highest BCUT2D eigenvalue weighted by molar-refractivity contribution is 6.99. The number of hydrogen-bond acceptors (Lipinski definition) is 1. The molecule has 0 amide bonds. The van der Waals surface area contributed by atoms with Crippen molar-refractivity contribution in [1.82, 2.24) is 22.8 Å². The lowest BCUT2D eigenvalue weighted by Gasteiger charge is -2.34. The molecule has 0 atom stereocenters. The molecule has 6 nitrogen and oxygen atoms in total. The number of aromatic nitrogens is 5. The van der Waals surface area contributed by atoms with Gasteiger partial charge in [0.15, 0.2) is 0 Å². The van der Waals surface area contributed by atoms with E-state index < -0.39 is 0 Å². The maximum atomic E-state index is 7.00. The van der Waals surface area contributed by atoms with Gasteiger partial charge in [-0.1, -0.05) is 148 Å². The molecule has 0 fully saturated rings. The predicted octanol–water partition coefficient (Wildman–Crippen LogP) is 17.4. The van der Waals surface area contributed by atoms with Crippen LogP contribution in [0, 0.1) is 0 Å². The molecule has 0 spiro atoms. The maximum Gasteiger partial charge on any atom is 0.256 e. The Morgan fingerprint density at radius 3 is 1.13 bits per heavy atom. The van der Waals surface area contributed by atoms with E-state index in [9.17, 15) is 0 Å². The summed E-state index contributed by atoms with van der Waals surface area (Å²) in [4.78, 5) is 0. The summed E-state index contributed by atoms with van der Waals surface area (Å²) in [5, 5.41) is 12.3. The summed E-state index contributed by atoms with van der Waals surface area (Å²) in [7, 11) is 0. The quantitative estimate of drug-likeness (QED) is 0.162. The monoisotopic (exact) mass is 1060 g/mol. The fourth-order valence-corrected chi connectivity index (χ4v) is 15.1. The molecule has 388 valence electrons. The van der Waals surface area contributed by atoms with Crippen LogP contribution in [0.25, 0.3) is 137 Å². The van der Waals surface area contributed by atoms with Gasteiger partial charge < -0.3 is 27.6 Å². The van der Waals surface area contributed by atoms with Crippen LogP contribution in [-0.4, -0.2) is 29.5 Å². The van der Waals surface area contributed by atoms with Crippen molar-refractivity contribution in [3.63, 3.8) is 0 Å². The van der Waals surface area contributed by atoms with E-state index in [0.29, 0.717) is 0 Å². The van der Waals surface area contributed by atoms with Crippen LogP contribution in [0.2, 0.25) is 0 Å². The van der Waals surface area contributed by atoms with E-state index in [-0.39, 0.29) is 12.1 Å². The molecule has 0 aliphatic carbocycles. The highest BCUT2D eigenvalue weighted by atomic mass is 16.5. The first kappa shape index (κ1) is 45.3. The summed E-state index contributed by atoms with van der Waals surface area (Å²) in [5.74, 6) is 1.83. The topological polar surface area (TPSA) is 33.9 Å². The van der Waals surface area contributed by atoms with Crippen LogP contribution in [0.4, 0.5) is 0 Å². The number of benzene rings is 12. The fourth-order valence-electron chi connectivity index (χ4n) is 15.1. The molecule has 5 aromatic heterocycles. The van der Waals surface area contributed by atoms with Gasteiger partial charge in [-0.2, -0.15) is 0 Å². The molecule has 0 unspecified atom stereocenters. The number of ether oxygens (including phenoxy) is 1. The van der Waals surface area contributed by atoms with Gasteiger partial charge in [0.25, 0.3) is 6.71 Å². The molecule has 0 saturated heterocycles. The lowest BCUT2D eigenvalue weighted by Crippen LogP contribution is -2.58. The first-order valence-electron chi connectivity index (χ1n) is 28.9. The van der Waals surface area contributed by atoms with Gasteiger partial charge in [0.1, 0.15) is 11.5 Å². The van der Waals surface area contributed by atoms with Gasteiger partial charge in [0.05, 0.1) is 49.7 Å². The zero-order valence-corrected chi connectivity index (χ0v) is 45.9. The van der Waals surface area contributed by atoms with Crippen LogP contribution in [0.3, 0.4) is 0 Å². The SMILES string of the molecule is CC(C)(C)c1ccc2c(c1)B1c3c(cccc3-n3c4ccc(-n5c6ccccc6c6cc(-n7c8ccccc8c8ccccc87)ccc65)cc4c4cc(-n5c6ccccc6c6cc(-n7c8ccccc8c8ccccc87)ccc65)cc1c43)O2. The smallest absolute Gasteiger partial charge is 0.256 e. The second-order valence-corrected chi connectivity index (χ2v) is 24.0. The first-order chi connectivity index (χ1) is 40.8. The van der Waals surface area contributed by atoms with Crippen molar-refractivity contribution in [1.29, 1.82) is 0 Å². The fraction of sp³-hybridized carbons (Fsp3) is 0.0526. The lowest BCUT2D eigenvalue weighted by molar-refractivity contribution is 0.486. The molecule has 0 saturated carbocycles. The Balaban J connectivity index is 0.884. The van der Waals surface area contributed by atoms with Crippen molar-refractivity contribution in [3.8, 4) is 39.9 Å². The highest BCUT2D eigenvalue weighted by Gasteiger charge is 2.41. The average molecular weight is 1060 g/mol. The summed E-state index contributed by atoms with van der Waals surface area (Å²) < 4.78 is 19.4. The van der Waals surface area contributed by atoms with E-state index in [4.69, 9.17) is 4.74 Å². The zero-order valence-electron chi connectivity index (χ0n) is 45.9. The molecule has 2 aliphatic heterocycles. The normalized spacial score (nSPS) is 13.1. The van der Waals surface area contributed by atoms with E-state index in [1.165, 1.54) is 120 Å². The largest absolute Gasteiger partial charge is 0.458 e. The molecule has 7 heteroatoms. The number of fused-ring (bicyclic) bond motifs is 19. The Morgan fingerprint density at radius 1 is 0.289 bits per heavy atom. The Kier molecular flexibility index (Phi) is 8.79. The Bertz CT molecular complexity index is 5630. The molecule has 12 aromatic carbocycles. The van der Waals surface area contributed by atoms with Gasteiger partial charge in [-0.15, -0.1) is 0 Å². The molecule has 0 N–H and O–H groups in total. The van der Waals surface area contributed by atoms with E-state index in [1.54, 1.807) is 0 Å². The second-order valence-electron chi connectivity index (χ2n) is 24.0. The van der Waals surface area contributed by atoms with Crippen molar-refractivity contribution in [2.75, 3.05) is 0 Å². The van der Waals surface area contributed by atoms with Crippen molar-refractivity contribution in [3.05, 3.63) is 254 Å². The van der Waals surface area contributed by atoms with Crippen molar-refractivity contribution in [2.45, 2.75) is 26.2 Å². The van der Waals surface area contributed by atoms with Crippen LogP contribution in [0.1, 0.15) is 26.3 Å². The second kappa shape index (κ2) is 16.1. The van der Waals surface area contributed by atoms with Crippen LogP contribution in [0.15, 0.2) is 249 Å². The van der Waals surface area contributed by atoms with E-state index in [0.717, 1.165) is 51.0 Å². The third kappa shape index (κ3) is 6.02. The van der Waals surface area contributed by atoms with Gasteiger partial charge in [0.2, 0.25) is 0 Å². The minimum absolute atomic E-state index is 0.0631. The van der Waals surface area contributed by atoms with Crippen LogP contribution in [-0.2, 0) is 5.41 Å². The predicted molar refractivity (Wildman–Crippen MR) is 348 cm³/mol. The number of rotatable bonds is 4. The summed E-state index contributed by atoms with van der Waals surface area (Å²) >= 11 is 0. The summed E-state index contributed by atoms with van der Waals surface area (Å²) in [6.07, 6.45) is 0. The molecule has 17 aromatic rings. The van der Waals surface area contributed by atoms with E-state index in [2.05, 4.69) is 292 Å². The van der Waals surface area contributed by atoms with Crippen LogP contribution < -0.4 is 21.1 Å². The van der Waals surface area contributed by atoms with Gasteiger partial charge in [0, 0.05) is 87.8 Å². The van der Waals surface area contributed by atoms with E-state index in [1.807, 2.05) is 0 Å². The molecular formula is C76H50BN5O. The van der Waals surface area contributed by atoms with Gasteiger partial charge in [-0.05, 0) is 149 Å². The van der Waals surface area contributed by atoms with Gasteiger partial charge in [-0.3, -0.25) is 0 Å².